The van der Waals surface area contributed by atoms with Crippen LogP contribution in [0, 0.1) is 5.41 Å². The van der Waals surface area contributed by atoms with E-state index in [0.29, 0.717) is 18.5 Å². The fourth-order valence-corrected chi connectivity index (χ4v) is 1.71. The van der Waals surface area contributed by atoms with Gasteiger partial charge in [-0.1, -0.05) is 32.0 Å². The summed E-state index contributed by atoms with van der Waals surface area (Å²) in [5, 5.41) is 11.9. The molecular formula is C15H22N2O3. The summed E-state index contributed by atoms with van der Waals surface area (Å²) in [6.45, 7) is 4.17. The molecule has 0 radical (unpaired) electrons. The Balaban J connectivity index is 2.52. The minimum Gasteiger partial charge on any atom is -0.396 e. The Morgan fingerprint density at radius 1 is 1.30 bits per heavy atom. The van der Waals surface area contributed by atoms with Crippen LogP contribution < -0.4 is 11.1 Å². The zero-order valence-corrected chi connectivity index (χ0v) is 12.0. The summed E-state index contributed by atoms with van der Waals surface area (Å²) < 4.78 is 0. The lowest BCUT2D eigenvalue weighted by Gasteiger charge is -2.21. The van der Waals surface area contributed by atoms with Crippen LogP contribution in [-0.2, 0) is 11.2 Å². The predicted molar refractivity (Wildman–Crippen MR) is 77.2 cm³/mol. The summed E-state index contributed by atoms with van der Waals surface area (Å²) in [5.74, 6) is -0.590. The number of carbonyl (C=O) groups is 2. The molecule has 1 aromatic rings. The first kappa shape index (κ1) is 16.2. The molecule has 0 fully saturated rings. The maximum Gasteiger partial charge on any atom is 0.248 e. The Labute approximate surface area is 119 Å². The molecule has 5 heteroatoms. The first-order valence-corrected chi connectivity index (χ1v) is 6.61. The SMILES string of the molecule is CC(C)(CO)CNC(=O)CCc1ccccc1C(N)=O. The van der Waals surface area contributed by atoms with Gasteiger partial charge in [-0.2, -0.15) is 0 Å². The average molecular weight is 278 g/mol. The smallest absolute Gasteiger partial charge is 0.248 e. The lowest BCUT2D eigenvalue weighted by Crippen LogP contribution is -2.36. The molecule has 0 atom stereocenters. The van der Waals surface area contributed by atoms with Crippen LogP contribution in [0.4, 0.5) is 0 Å². The number of carbonyl (C=O) groups excluding carboxylic acids is 2. The molecule has 0 spiro atoms. The van der Waals surface area contributed by atoms with Crippen LogP contribution in [-0.4, -0.2) is 30.1 Å². The number of aryl methyl sites for hydroxylation is 1. The number of primary amides is 1. The van der Waals surface area contributed by atoms with Crippen molar-refractivity contribution in [1.29, 1.82) is 0 Å². The van der Waals surface area contributed by atoms with Crippen LogP contribution in [0.5, 0.6) is 0 Å². The van der Waals surface area contributed by atoms with Gasteiger partial charge in [0.05, 0.1) is 0 Å². The predicted octanol–water partition coefficient (Wildman–Crippen LogP) is 0.853. The molecule has 0 saturated heterocycles. The largest absolute Gasteiger partial charge is 0.396 e. The lowest BCUT2D eigenvalue weighted by atomic mass is 9.95. The van der Waals surface area contributed by atoms with Crippen molar-refractivity contribution in [2.45, 2.75) is 26.7 Å². The van der Waals surface area contributed by atoms with E-state index in [0.717, 1.165) is 5.56 Å². The Morgan fingerprint density at radius 3 is 2.55 bits per heavy atom. The molecule has 0 unspecified atom stereocenters. The van der Waals surface area contributed by atoms with E-state index in [9.17, 15) is 9.59 Å². The van der Waals surface area contributed by atoms with Crippen molar-refractivity contribution in [2.24, 2.45) is 11.1 Å². The highest BCUT2D eigenvalue weighted by atomic mass is 16.3. The molecule has 0 bridgehead atoms. The minimum absolute atomic E-state index is 0.0117. The average Bonchev–Trinajstić information content (AvgIpc) is 2.43. The maximum atomic E-state index is 11.8. The number of hydrogen-bond acceptors (Lipinski definition) is 3. The molecular weight excluding hydrogens is 256 g/mol. The fourth-order valence-electron chi connectivity index (χ4n) is 1.71. The van der Waals surface area contributed by atoms with E-state index < -0.39 is 5.91 Å². The van der Waals surface area contributed by atoms with Crippen molar-refractivity contribution in [2.75, 3.05) is 13.2 Å². The van der Waals surface area contributed by atoms with Gasteiger partial charge in [-0.05, 0) is 18.1 Å². The Morgan fingerprint density at radius 2 is 1.95 bits per heavy atom. The lowest BCUT2D eigenvalue weighted by molar-refractivity contribution is -0.121. The van der Waals surface area contributed by atoms with Gasteiger partial charge >= 0.3 is 0 Å². The molecule has 0 aromatic heterocycles. The third-order valence-electron chi connectivity index (χ3n) is 3.10. The highest BCUT2D eigenvalue weighted by Gasteiger charge is 2.17. The number of benzene rings is 1. The number of aliphatic hydroxyl groups excluding tert-OH is 1. The molecule has 5 nitrogen and oxygen atoms in total. The number of amides is 2. The fraction of sp³-hybridized carbons (Fsp3) is 0.467. The third kappa shape index (κ3) is 5.01. The molecule has 110 valence electrons. The van der Waals surface area contributed by atoms with E-state index in [4.69, 9.17) is 10.8 Å². The second kappa shape index (κ2) is 7.05. The van der Waals surface area contributed by atoms with Crippen molar-refractivity contribution >= 4 is 11.8 Å². The standard InChI is InChI=1S/C15H22N2O3/c1-15(2,10-18)9-17-13(19)8-7-11-5-3-4-6-12(11)14(16)20/h3-6,18H,7-10H2,1-2H3,(H2,16,20)(H,17,19). The van der Waals surface area contributed by atoms with E-state index in [1.165, 1.54) is 0 Å². The first-order valence-electron chi connectivity index (χ1n) is 6.61. The van der Waals surface area contributed by atoms with Crippen LogP contribution in [0.3, 0.4) is 0 Å². The van der Waals surface area contributed by atoms with Crippen molar-refractivity contribution in [1.82, 2.24) is 5.32 Å². The highest BCUT2D eigenvalue weighted by Crippen LogP contribution is 2.12. The number of rotatable bonds is 7. The van der Waals surface area contributed by atoms with E-state index in [1.807, 2.05) is 19.9 Å². The third-order valence-corrected chi connectivity index (χ3v) is 3.10. The summed E-state index contributed by atoms with van der Waals surface area (Å²) in [7, 11) is 0. The topological polar surface area (TPSA) is 92.4 Å². The Hall–Kier alpha value is -1.88. The van der Waals surface area contributed by atoms with Crippen LogP contribution in [0.2, 0.25) is 0 Å². The monoisotopic (exact) mass is 278 g/mol. The van der Waals surface area contributed by atoms with Gasteiger partial charge in [0, 0.05) is 30.6 Å². The molecule has 1 rings (SSSR count). The molecule has 1 aromatic carbocycles. The van der Waals surface area contributed by atoms with Gasteiger partial charge in [-0.15, -0.1) is 0 Å². The van der Waals surface area contributed by atoms with Gasteiger partial charge in [0.2, 0.25) is 11.8 Å². The number of nitrogens with two attached hydrogens (primary N) is 1. The second-order valence-electron chi connectivity index (χ2n) is 5.62. The Kier molecular flexibility index (Phi) is 5.70. The summed E-state index contributed by atoms with van der Waals surface area (Å²) in [5.41, 5.74) is 6.18. The van der Waals surface area contributed by atoms with Crippen LogP contribution in [0.1, 0.15) is 36.2 Å². The van der Waals surface area contributed by atoms with Crippen LogP contribution in [0.25, 0.3) is 0 Å². The van der Waals surface area contributed by atoms with Gasteiger partial charge in [-0.25, -0.2) is 0 Å². The molecule has 0 aliphatic carbocycles. The van der Waals surface area contributed by atoms with Gasteiger partial charge < -0.3 is 16.2 Å². The molecule has 20 heavy (non-hydrogen) atoms. The minimum atomic E-state index is -0.484. The summed E-state index contributed by atoms with van der Waals surface area (Å²) in [6.07, 6.45) is 0.746. The van der Waals surface area contributed by atoms with E-state index in [-0.39, 0.29) is 24.3 Å². The second-order valence-corrected chi connectivity index (χ2v) is 5.62. The van der Waals surface area contributed by atoms with Crippen molar-refractivity contribution in [3.05, 3.63) is 35.4 Å². The van der Waals surface area contributed by atoms with Crippen molar-refractivity contribution < 1.29 is 14.7 Å². The number of hydrogen-bond donors (Lipinski definition) is 3. The zero-order chi connectivity index (χ0) is 15.2. The van der Waals surface area contributed by atoms with Crippen LogP contribution in [0.15, 0.2) is 24.3 Å². The van der Waals surface area contributed by atoms with Gasteiger partial charge in [0.25, 0.3) is 0 Å². The first-order chi connectivity index (χ1) is 9.35. The zero-order valence-electron chi connectivity index (χ0n) is 12.0. The summed E-state index contributed by atoms with van der Waals surface area (Å²) in [4.78, 5) is 23.0. The molecule has 0 saturated carbocycles. The quantitative estimate of drug-likeness (QED) is 0.690. The summed E-state index contributed by atoms with van der Waals surface area (Å²) >= 11 is 0. The van der Waals surface area contributed by atoms with Crippen molar-refractivity contribution in [3.8, 4) is 0 Å². The Bertz CT molecular complexity index is 484. The molecule has 4 N–H and O–H groups in total. The number of aliphatic hydroxyl groups is 1. The van der Waals surface area contributed by atoms with E-state index >= 15 is 0 Å². The molecule has 0 aliphatic rings. The van der Waals surface area contributed by atoms with Crippen molar-refractivity contribution in [3.63, 3.8) is 0 Å². The molecule has 0 aliphatic heterocycles. The molecule has 2 amide bonds. The van der Waals surface area contributed by atoms with Gasteiger partial charge in [0.1, 0.15) is 0 Å². The van der Waals surface area contributed by atoms with Gasteiger partial charge in [-0.3, -0.25) is 9.59 Å². The highest BCUT2D eigenvalue weighted by molar-refractivity contribution is 5.94. The van der Waals surface area contributed by atoms with E-state index in [1.54, 1.807) is 18.2 Å². The summed E-state index contributed by atoms with van der Waals surface area (Å²) in [6, 6.07) is 7.01. The van der Waals surface area contributed by atoms with E-state index in [2.05, 4.69) is 5.32 Å². The maximum absolute atomic E-state index is 11.8. The van der Waals surface area contributed by atoms with Gasteiger partial charge in [0.15, 0.2) is 0 Å². The van der Waals surface area contributed by atoms with Crippen LogP contribution >= 0.6 is 0 Å². The number of nitrogens with one attached hydrogen (secondary N) is 1. The normalized spacial score (nSPS) is 11.2. The molecule has 0 heterocycles.